The Hall–Kier alpha value is -2.51. The van der Waals surface area contributed by atoms with E-state index < -0.39 is 24.5 Å². The lowest BCUT2D eigenvalue weighted by Gasteiger charge is -2.07. The van der Waals surface area contributed by atoms with Crippen LogP contribution in [0, 0.1) is 0 Å². The third kappa shape index (κ3) is 17.9. The predicted octanol–water partition coefficient (Wildman–Crippen LogP) is 8.36. The van der Waals surface area contributed by atoms with Crippen LogP contribution in [0.5, 0.6) is 0 Å². The highest BCUT2D eigenvalue weighted by molar-refractivity contribution is 5.90. The van der Waals surface area contributed by atoms with Gasteiger partial charge in [-0.15, -0.1) is 0 Å². The number of carbonyl (C=O) groups excluding carboxylic acids is 2. The minimum atomic E-state index is -4.00. The summed E-state index contributed by atoms with van der Waals surface area (Å²) in [6, 6.07) is 7.01. The maximum absolute atomic E-state index is 12.1. The number of benzene rings is 1. The molecule has 0 fully saturated rings. The first-order valence-electron chi connectivity index (χ1n) is 13.3. The van der Waals surface area contributed by atoms with Gasteiger partial charge in [0.25, 0.3) is 0 Å². The van der Waals surface area contributed by atoms with Gasteiger partial charge in [0, 0.05) is 18.7 Å². The van der Waals surface area contributed by atoms with Gasteiger partial charge in [0.2, 0.25) is 0 Å². The Morgan fingerprint density at radius 2 is 1.31 bits per heavy atom. The molecule has 1 rings (SSSR count). The molecule has 204 valence electrons. The van der Waals surface area contributed by atoms with E-state index in [4.69, 9.17) is 9.47 Å². The molecule has 0 amide bonds. The van der Waals surface area contributed by atoms with E-state index in [1.807, 2.05) is 12.1 Å². The third-order valence-corrected chi connectivity index (χ3v) is 5.75. The molecule has 0 aromatic heterocycles. The van der Waals surface area contributed by atoms with Crippen LogP contribution in [0.2, 0.25) is 0 Å². The largest absolute Gasteiger partial charge is 0.463 e. The van der Waals surface area contributed by atoms with Crippen LogP contribution in [0.4, 0.5) is 18.9 Å². The molecule has 36 heavy (non-hydrogen) atoms. The molecule has 0 saturated heterocycles. The fraction of sp³-hybridized carbons (Fsp3) is 0.643. The average Bonchev–Trinajstić information content (AvgIpc) is 2.83. The van der Waals surface area contributed by atoms with E-state index in [1.165, 1.54) is 44.9 Å². The lowest BCUT2D eigenvalue weighted by atomic mass is 10.0. The molecule has 1 aromatic carbocycles. The minimum absolute atomic E-state index is 0.260. The first-order valence-corrected chi connectivity index (χ1v) is 13.3. The molecule has 0 unspecified atom stereocenters. The number of hydrogen-bond acceptors (Lipinski definition) is 5. The molecule has 5 nitrogen and oxygen atoms in total. The SMILES string of the molecule is CCOC(=O)/C=C/OC(=O)c1ccc(NCCCCCCCCCCCCCCCC(F)(F)F)cc1. The number of rotatable bonds is 20. The van der Waals surface area contributed by atoms with Gasteiger partial charge >= 0.3 is 18.1 Å². The first-order chi connectivity index (χ1) is 17.3. The maximum Gasteiger partial charge on any atom is 0.389 e. The van der Waals surface area contributed by atoms with Crippen LogP contribution in [0.1, 0.15) is 107 Å². The van der Waals surface area contributed by atoms with E-state index in [0.717, 1.165) is 50.3 Å². The van der Waals surface area contributed by atoms with Crippen molar-refractivity contribution in [2.24, 2.45) is 0 Å². The summed E-state index contributed by atoms with van der Waals surface area (Å²) < 4.78 is 45.8. The quantitative estimate of drug-likeness (QED) is 0.0821. The lowest BCUT2D eigenvalue weighted by molar-refractivity contribution is -0.137. The highest BCUT2D eigenvalue weighted by Gasteiger charge is 2.25. The van der Waals surface area contributed by atoms with Crippen molar-refractivity contribution in [2.45, 2.75) is 103 Å². The summed E-state index contributed by atoms with van der Waals surface area (Å²) in [5, 5.41) is 3.35. The summed E-state index contributed by atoms with van der Waals surface area (Å²) in [6.45, 7) is 2.83. The molecular weight excluding hydrogens is 471 g/mol. The summed E-state index contributed by atoms with van der Waals surface area (Å²) in [5.41, 5.74) is 1.34. The monoisotopic (exact) mass is 513 g/mol. The van der Waals surface area contributed by atoms with E-state index in [2.05, 4.69) is 5.32 Å². The molecule has 0 saturated carbocycles. The third-order valence-electron chi connectivity index (χ3n) is 5.75. The fourth-order valence-corrected chi connectivity index (χ4v) is 3.76. The van der Waals surface area contributed by atoms with Crippen molar-refractivity contribution in [3.8, 4) is 0 Å². The Kier molecular flexibility index (Phi) is 17.2. The Morgan fingerprint density at radius 3 is 1.81 bits per heavy atom. The van der Waals surface area contributed by atoms with Crippen molar-refractivity contribution in [1.29, 1.82) is 0 Å². The molecule has 0 aliphatic rings. The summed E-state index contributed by atoms with van der Waals surface area (Å²) in [7, 11) is 0. The average molecular weight is 514 g/mol. The van der Waals surface area contributed by atoms with Crippen molar-refractivity contribution in [3.05, 3.63) is 42.2 Å². The minimum Gasteiger partial charge on any atom is -0.463 e. The van der Waals surface area contributed by atoms with E-state index in [1.54, 1.807) is 19.1 Å². The summed E-state index contributed by atoms with van der Waals surface area (Å²) >= 11 is 0. The van der Waals surface area contributed by atoms with Crippen LogP contribution in [0.25, 0.3) is 0 Å². The standard InChI is InChI=1S/C28H42F3NO4/c1-2-35-26(33)20-23-36-27(34)24-16-18-25(19-17-24)32-22-15-13-11-9-7-5-3-4-6-8-10-12-14-21-28(29,30)31/h16-20,23,32H,2-15,21-22H2,1H3/b23-20+. The number of alkyl halides is 3. The van der Waals surface area contributed by atoms with Gasteiger partial charge in [0.15, 0.2) is 0 Å². The highest BCUT2D eigenvalue weighted by Crippen LogP contribution is 2.23. The molecule has 1 N–H and O–H groups in total. The van der Waals surface area contributed by atoms with E-state index in [0.29, 0.717) is 12.0 Å². The fourth-order valence-electron chi connectivity index (χ4n) is 3.76. The van der Waals surface area contributed by atoms with E-state index >= 15 is 0 Å². The van der Waals surface area contributed by atoms with Crippen molar-refractivity contribution in [3.63, 3.8) is 0 Å². The van der Waals surface area contributed by atoms with Gasteiger partial charge < -0.3 is 14.8 Å². The highest BCUT2D eigenvalue weighted by atomic mass is 19.4. The summed E-state index contributed by atoms with van der Waals surface area (Å²) in [4.78, 5) is 23.1. The van der Waals surface area contributed by atoms with Crippen LogP contribution in [-0.2, 0) is 14.3 Å². The zero-order valence-corrected chi connectivity index (χ0v) is 21.5. The molecule has 0 spiro atoms. The second-order valence-electron chi connectivity index (χ2n) is 8.93. The van der Waals surface area contributed by atoms with Gasteiger partial charge in [-0.05, 0) is 44.0 Å². The van der Waals surface area contributed by atoms with Gasteiger partial charge in [0.05, 0.1) is 18.2 Å². The van der Waals surface area contributed by atoms with Crippen LogP contribution in [0.15, 0.2) is 36.6 Å². The number of anilines is 1. The number of ether oxygens (including phenoxy) is 2. The van der Waals surface area contributed by atoms with Gasteiger partial charge in [0.1, 0.15) is 6.26 Å². The Labute approximate surface area is 213 Å². The van der Waals surface area contributed by atoms with Gasteiger partial charge in [-0.1, -0.05) is 70.6 Å². The smallest absolute Gasteiger partial charge is 0.389 e. The summed E-state index contributed by atoms with van der Waals surface area (Å²) in [6.07, 6.45) is 11.1. The Balaban J connectivity index is 1.95. The summed E-state index contributed by atoms with van der Waals surface area (Å²) in [5.74, 6) is -1.10. The van der Waals surface area contributed by atoms with E-state index in [9.17, 15) is 22.8 Å². The number of esters is 2. The Bertz CT molecular complexity index is 748. The van der Waals surface area contributed by atoms with Crippen LogP contribution >= 0.6 is 0 Å². The number of hydrogen-bond donors (Lipinski definition) is 1. The van der Waals surface area contributed by atoms with E-state index in [-0.39, 0.29) is 13.0 Å². The Morgan fingerprint density at radius 1 is 0.806 bits per heavy atom. The predicted molar refractivity (Wildman–Crippen MR) is 137 cm³/mol. The zero-order chi connectivity index (χ0) is 26.5. The second-order valence-corrected chi connectivity index (χ2v) is 8.93. The number of carbonyl (C=O) groups is 2. The molecule has 0 aliphatic carbocycles. The van der Waals surface area contributed by atoms with Gasteiger partial charge in [-0.25, -0.2) is 9.59 Å². The molecule has 0 bridgehead atoms. The van der Waals surface area contributed by atoms with Crippen molar-refractivity contribution in [2.75, 3.05) is 18.5 Å². The number of unbranched alkanes of at least 4 members (excludes halogenated alkanes) is 12. The van der Waals surface area contributed by atoms with Gasteiger partial charge in [-0.3, -0.25) is 0 Å². The number of halogens is 3. The maximum atomic E-state index is 12.1. The molecule has 0 atom stereocenters. The normalized spacial score (nSPS) is 11.6. The van der Waals surface area contributed by atoms with Crippen LogP contribution in [-0.4, -0.2) is 31.3 Å². The molecular formula is C28H42F3NO4. The molecule has 1 aromatic rings. The van der Waals surface area contributed by atoms with Crippen molar-refractivity contribution in [1.82, 2.24) is 0 Å². The molecule has 0 radical (unpaired) electrons. The van der Waals surface area contributed by atoms with Crippen LogP contribution in [0.3, 0.4) is 0 Å². The molecule has 0 heterocycles. The first kappa shape index (κ1) is 31.5. The molecule has 8 heteroatoms. The second kappa shape index (κ2) is 19.7. The topological polar surface area (TPSA) is 64.6 Å². The van der Waals surface area contributed by atoms with Crippen molar-refractivity contribution >= 4 is 17.6 Å². The molecule has 0 aliphatic heterocycles. The zero-order valence-electron chi connectivity index (χ0n) is 21.5. The van der Waals surface area contributed by atoms with Crippen LogP contribution < -0.4 is 5.32 Å². The number of nitrogens with one attached hydrogen (secondary N) is 1. The lowest BCUT2D eigenvalue weighted by Crippen LogP contribution is -2.06. The van der Waals surface area contributed by atoms with Crippen molar-refractivity contribution < 1.29 is 32.2 Å². The van der Waals surface area contributed by atoms with Gasteiger partial charge in [-0.2, -0.15) is 13.2 Å².